The Labute approximate surface area is 231 Å². The van der Waals surface area contributed by atoms with Gasteiger partial charge in [-0.3, -0.25) is 0 Å². The molecule has 4 aliphatic carbocycles. The fraction of sp³-hybridized carbons (Fsp3) is 0.812. The van der Waals surface area contributed by atoms with Crippen molar-refractivity contribution in [3.05, 3.63) is 24.3 Å². The highest BCUT2D eigenvalue weighted by molar-refractivity contribution is 7.60. The van der Waals surface area contributed by atoms with Crippen LogP contribution in [-0.4, -0.2) is 42.8 Å². The molecule has 0 N–H and O–H groups in total. The Morgan fingerprint density at radius 2 is 0.784 bits per heavy atom. The number of nitrogens with zero attached hydrogens (tertiary/aromatic N) is 2. The molecule has 1 aromatic carbocycles. The van der Waals surface area contributed by atoms with E-state index >= 15 is 0 Å². The monoisotopic (exact) mass is 538 g/mol. The van der Waals surface area contributed by atoms with E-state index in [0.29, 0.717) is 0 Å². The number of hydrogen-bond acceptors (Lipinski definition) is 2. The van der Waals surface area contributed by atoms with E-state index in [-0.39, 0.29) is 15.8 Å². The Morgan fingerprint density at radius 1 is 0.486 bits per heavy atom. The van der Waals surface area contributed by atoms with Crippen LogP contribution in [-0.2, 0) is 0 Å². The zero-order valence-corrected chi connectivity index (χ0v) is 25.5. The molecular weight excluding hydrogens is 485 g/mol. The van der Waals surface area contributed by atoms with E-state index < -0.39 is 0 Å². The molecular formula is C32H53BN2P2. The molecule has 5 heteroatoms. The van der Waals surface area contributed by atoms with Crippen LogP contribution in [0.4, 0.5) is 11.4 Å². The van der Waals surface area contributed by atoms with Crippen molar-refractivity contribution in [3.8, 4) is 0 Å². The summed E-state index contributed by atoms with van der Waals surface area (Å²) in [5.41, 5.74) is 7.38. The third-order valence-corrected chi connectivity index (χ3v) is 17.9. The molecule has 0 saturated heterocycles. The first-order valence-corrected chi connectivity index (χ1v) is 19.8. The van der Waals surface area contributed by atoms with Crippen molar-refractivity contribution in [1.29, 1.82) is 0 Å². The van der Waals surface area contributed by atoms with Gasteiger partial charge in [-0.2, -0.15) is 0 Å². The van der Waals surface area contributed by atoms with E-state index in [1.165, 1.54) is 149 Å². The van der Waals surface area contributed by atoms with Crippen LogP contribution >= 0.6 is 15.8 Å². The van der Waals surface area contributed by atoms with Crippen LogP contribution < -0.4 is 9.62 Å². The van der Waals surface area contributed by atoms with Gasteiger partial charge in [0.15, 0.2) is 0 Å². The first-order chi connectivity index (χ1) is 18.4. The van der Waals surface area contributed by atoms with Gasteiger partial charge in [0.1, 0.15) is 0 Å². The average Bonchev–Trinajstić information content (AvgIpc) is 3.33. The molecule has 204 valence electrons. The quantitative estimate of drug-likeness (QED) is 0.240. The van der Waals surface area contributed by atoms with Crippen LogP contribution in [0.15, 0.2) is 24.3 Å². The van der Waals surface area contributed by atoms with E-state index in [1.807, 2.05) is 0 Å². The molecule has 37 heavy (non-hydrogen) atoms. The second-order valence-electron chi connectivity index (χ2n) is 13.2. The predicted octanol–water partition coefficient (Wildman–Crippen LogP) is 9.79. The molecule has 0 atom stereocenters. The van der Waals surface area contributed by atoms with Crippen molar-refractivity contribution in [3.63, 3.8) is 0 Å². The second kappa shape index (κ2) is 13.4. The molecule has 0 spiro atoms. The van der Waals surface area contributed by atoms with Crippen molar-refractivity contribution >= 4 is 34.8 Å². The topological polar surface area (TPSA) is 6.48 Å². The molecule has 0 amide bonds. The zero-order valence-electron chi connectivity index (χ0n) is 23.7. The highest BCUT2D eigenvalue weighted by atomic mass is 31.1. The van der Waals surface area contributed by atoms with Gasteiger partial charge in [-0.25, -0.2) is 0 Å². The Bertz CT molecular complexity index is 725. The molecule has 0 aromatic heterocycles. The fourth-order valence-corrected chi connectivity index (χ4v) is 16.2. The van der Waals surface area contributed by atoms with Crippen LogP contribution in [0.3, 0.4) is 0 Å². The predicted molar refractivity (Wildman–Crippen MR) is 170 cm³/mol. The summed E-state index contributed by atoms with van der Waals surface area (Å²) in [6.45, 7) is 0. The van der Waals surface area contributed by atoms with Crippen LogP contribution in [0.5, 0.6) is 0 Å². The first-order valence-electron chi connectivity index (χ1n) is 16.5. The molecule has 0 bridgehead atoms. The number of anilines is 2. The standard InChI is InChI=1S/C32H53BN2P2/c1-5-15-27(16-6-1)36(28-17-7-2-8-18-28)25-34-31-23-13-14-24-32(31)35(33-34)26-37(29-19-9-3-10-20-29)30-21-11-4-12-22-30/h13-14,23-24,27-30,33H,1-12,15-22,25-26H2. The first kappa shape index (κ1) is 26.9. The van der Waals surface area contributed by atoms with Crippen LogP contribution in [0.1, 0.15) is 128 Å². The SMILES string of the molecule is B1N(CP(C2CCCCC2)C2CCCCC2)c2ccccc2N1CP(C1CCCCC1)C1CCCCC1. The maximum Gasteiger partial charge on any atom is 0.357 e. The molecule has 4 fully saturated rings. The summed E-state index contributed by atoms with van der Waals surface area (Å²) in [4.78, 5) is 5.80. The summed E-state index contributed by atoms with van der Waals surface area (Å²) >= 11 is 0. The van der Waals surface area contributed by atoms with E-state index in [2.05, 4.69) is 33.9 Å². The van der Waals surface area contributed by atoms with Gasteiger partial charge in [0, 0.05) is 23.9 Å². The van der Waals surface area contributed by atoms with E-state index in [0.717, 1.165) is 22.6 Å². The summed E-state index contributed by atoms with van der Waals surface area (Å²) in [5.74, 6) is 0. The van der Waals surface area contributed by atoms with Gasteiger partial charge < -0.3 is 9.62 Å². The van der Waals surface area contributed by atoms with Gasteiger partial charge in [0.25, 0.3) is 0 Å². The molecule has 5 aliphatic rings. The van der Waals surface area contributed by atoms with E-state index in [4.69, 9.17) is 0 Å². The van der Waals surface area contributed by atoms with Gasteiger partial charge >= 0.3 is 7.55 Å². The van der Waals surface area contributed by atoms with Gasteiger partial charge in [-0.1, -0.05) is 105 Å². The highest BCUT2D eigenvalue weighted by Crippen LogP contribution is 2.59. The molecule has 0 unspecified atom stereocenters. The number of para-hydroxylation sites is 2. The maximum atomic E-state index is 2.90. The summed E-state index contributed by atoms with van der Waals surface area (Å²) in [5, 5.41) is 0. The van der Waals surface area contributed by atoms with Gasteiger partial charge in [0.05, 0.1) is 0 Å². The summed E-state index contributed by atoms with van der Waals surface area (Å²) in [6, 6.07) is 9.61. The average molecular weight is 539 g/mol. The minimum Gasteiger partial charge on any atom is -0.393 e. The van der Waals surface area contributed by atoms with Crippen molar-refractivity contribution in [2.75, 3.05) is 22.2 Å². The van der Waals surface area contributed by atoms with Crippen molar-refractivity contribution in [2.24, 2.45) is 0 Å². The lowest BCUT2D eigenvalue weighted by atomic mass is 9.99. The largest absolute Gasteiger partial charge is 0.393 e. The Balaban J connectivity index is 1.21. The lowest BCUT2D eigenvalue weighted by Crippen LogP contribution is -2.39. The van der Waals surface area contributed by atoms with E-state index in [9.17, 15) is 0 Å². The highest BCUT2D eigenvalue weighted by Gasteiger charge is 2.38. The third-order valence-electron chi connectivity index (χ3n) is 10.7. The van der Waals surface area contributed by atoms with Crippen LogP contribution in [0.2, 0.25) is 0 Å². The molecule has 0 radical (unpaired) electrons. The van der Waals surface area contributed by atoms with Crippen LogP contribution in [0, 0.1) is 0 Å². The van der Waals surface area contributed by atoms with Crippen molar-refractivity contribution in [1.82, 2.24) is 0 Å². The second-order valence-corrected chi connectivity index (χ2v) is 18.7. The lowest BCUT2D eigenvalue weighted by Gasteiger charge is -2.42. The molecule has 4 saturated carbocycles. The van der Waals surface area contributed by atoms with Gasteiger partial charge in [0.2, 0.25) is 0 Å². The number of fused-ring (bicyclic) bond motifs is 1. The number of benzene rings is 1. The smallest absolute Gasteiger partial charge is 0.357 e. The van der Waals surface area contributed by atoms with Crippen LogP contribution in [0.25, 0.3) is 0 Å². The van der Waals surface area contributed by atoms with E-state index in [1.54, 1.807) is 11.4 Å². The summed E-state index contributed by atoms with van der Waals surface area (Å²) < 4.78 is 0. The van der Waals surface area contributed by atoms with Gasteiger partial charge in [-0.05, 0) is 86.1 Å². The minimum atomic E-state index is 0.108. The summed E-state index contributed by atoms with van der Waals surface area (Å²) in [6.07, 6.45) is 33.1. The molecule has 6 rings (SSSR count). The molecule has 1 aromatic rings. The normalized spacial score (nSPS) is 25.1. The molecule has 1 aliphatic heterocycles. The zero-order chi connectivity index (χ0) is 24.9. The maximum absolute atomic E-state index is 2.90. The van der Waals surface area contributed by atoms with Gasteiger partial charge in [-0.15, -0.1) is 0 Å². The molecule has 1 heterocycles. The summed E-state index contributed by atoms with van der Waals surface area (Å²) in [7, 11) is 1.41. The fourth-order valence-electron chi connectivity index (χ4n) is 8.70. The lowest BCUT2D eigenvalue weighted by molar-refractivity contribution is 0.484. The molecule has 2 nitrogen and oxygen atoms in total. The number of rotatable bonds is 8. The Hall–Kier alpha value is -0.255. The minimum absolute atomic E-state index is 0.108. The van der Waals surface area contributed by atoms with Crippen molar-refractivity contribution < 1.29 is 0 Å². The third kappa shape index (κ3) is 6.56. The Kier molecular flexibility index (Phi) is 9.76. The van der Waals surface area contributed by atoms with Crippen molar-refractivity contribution in [2.45, 2.75) is 151 Å². The number of hydrogen-bond donors (Lipinski definition) is 0. The Morgan fingerprint density at radius 3 is 1.08 bits per heavy atom.